The van der Waals surface area contributed by atoms with Crippen LogP contribution in [-0.2, 0) is 9.84 Å². The van der Waals surface area contributed by atoms with E-state index in [0.29, 0.717) is 11.3 Å². The van der Waals surface area contributed by atoms with Gasteiger partial charge in [-0.3, -0.25) is 4.68 Å². The Morgan fingerprint density at radius 1 is 1.21 bits per heavy atom. The minimum atomic E-state index is -3.68. The molecule has 0 N–H and O–H groups in total. The van der Waals surface area contributed by atoms with E-state index in [1.165, 1.54) is 16.8 Å². The highest BCUT2D eigenvalue weighted by Crippen LogP contribution is 2.35. The van der Waals surface area contributed by atoms with Gasteiger partial charge in [0.25, 0.3) is 6.43 Å². The van der Waals surface area contributed by atoms with Gasteiger partial charge in [-0.05, 0) is 31.0 Å². The van der Waals surface area contributed by atoms with Crippen LogP contribution in [0.25, 0.3) is 11.3 Å². The molecule has 3 rings (SSSR count). The molecule has 0 bridgehead atoms. The van der Waals surface area contributed by atoms with Gasteiger partial charge in [0, 0.05) is 11.8 Å². The maximum absolute atomic E-state index is 14.1. The van der Waals surface area contributed by atoms with E-state index in [4.69, 9.17) is 0 Å². The van der Waals surface area contributed by atoms with Crippen molar-refractivity contribution in [1.29, 1.82) is 0 Å². The zero-order valence-electron chi connectivity index (χ0n) is 13.0. The molecule has 4 nitrogen and oxygen atoms in total. The predicted molar refractivity (Wildman–Crippen MR) is 83.2 cm³/mol. The molecule has 1 aromatic carbocycles. The summed E-state index contributed by atoms with van der Waals surface area (Å²) in [4.78, 5) is -0.410. The molecule has 0 unspecified atom stereocenters. The molecule has 0 amide bonds. The average molecular weight is 358 g/mol. The molecule has 1 heterocycles. The van der Waals surface area contributed by atoms with Gasteiger partial charge in [0.1, 0.15) is 16.4 Å². The van der Waals surface area contributed by atoms with Gasteiger partial charge in [-0.2, -0.15) is 5.10 Å². The lowest BCUT2D eigenvalue weighted by atomic mass is 10.1. The summed E-state index contributed by atoms with van der Waals surface area (Å²) >= 11 is 0. The molecule has 130 valence electrons. The maximum atomic E-state index is 14.1. The number of sulfone groups is 1. The molecule has 2 aromatic rings. The molecule has 0 atom stereocenters. The largest absolute Gasteiger partial charge is 0.282 e. The quantitative estimate of drug-likeness (QED) is 0.825. The topological polar surface area (TPSA) is 52.0 Å². The Labute approximate surface area is 138 Å². The first kappa shape index (κ1) is 17.0. The van der Waals surface area contributed by atoms with Gasteiger partial charge in [-0.15, -0.1) is 0 Å². The maximum Gasteiger partial charge on any atom is 0.282 e. The monoisotopic (exact) mass is 358 g/mol. The molecule has 0 aliphatic heterocycles. The van der Waals surface area contributed by atoms with Crippen LogP contribution in [0.2, 0.25) is 0 Å². The van der Waals surface area contributed by atoms with Crippen LogP contribution in [0, 0.1) is 5.82 Å². The fraction of sp³-hybridized carbons (Fsp3) is 0.438. The van der Waals surface area contributed by atoms with E-state index in [-0.39, 0.29) is 11.7 Å². The van der Waals surface area contributed by atoms with Gasteiger partial charge in [0.2, 0.25) is 0 Å². The second-order valence-corrected chi connectivity index (χ2v) is 8.04. The van der Waals surface area contributed by atoms with Crippen molar-refractivity contribution in [2.24, 2.45) is 0 Å². The number of benzene rings is 1. The van der Waals surface area contributed by atoms with E-state index < -0.39 is 27.0 Å². The Balaban J connectivity index is 2.09. The van der Waals surface area contributed by atoms with E-state index in [0.717, 1.165) is 44.1 Å². The summed E-state index contributed by atoms with van der Waals surface area (Å²) in [7, 11) is -3.68. The minimum Gasteiger partial charge on any atom is -0.261 e. The SMILES string of the molecule is CS(=O)(=O)c1ccc(-c2cc(C(F)F)nn2C2CCCC2)cc1F. The third-order valence-electron chi connectivity index (χ3n) is 4.28. The van der Waals surface area contributed by atoms with Crippen LogP contribution < -0.4 is 0 Å². The highest BCUT2D eigenvalue weighted by molar-refractivity contribution is 7.90. The number of alkyl halides is 2. The van der Waals surface area contributed by atoms with E-state index >= 15 is 0 Å². The zero-order chi connectivity index (χ0) is 17.5. The van der Waals surface area contributed by atoms with Crippen LogP contribution in [0.3, 0.4) is 0 Å². The van der Waals surface area contributed by atoms with Crippen molar-refractivity contribution in [3.63, 3.8) is 0 Å². The summed E-state index contributed by atoms with van der Waals surface area (Å²) in [6.45, 7) is 0. The number of hydrogen-bond donors (Lipinski definition) is 0. The first-order chi connectivity index (χ1) is 11.3. The number of halogens is 3. The van der Waals surface area contributed by atoms with Crippen molar-refractivity contribution in [2.75, 3.05) is 6.26 Å². The molecule has 0 saturated heterocycles. The van der Waals surface area contributed by atoms with E-state index in [9.17, 15) is 21.6 Å². The lowest BCUT2D eigenvalue weighted by molar-refractivity contribution is 0.144. The predicted octanol–water partition coefficient (Wildman–Crippen LogP) is 4.15. The van der Waals surface area contributed by atoms with Gasteiger partial charge in [0.15, 0.2) is 9.84 Å². The molecule has 0 radical (unpaired) electrons. The van der Waals surface area contributed by atoms with E-state index in [2.05, 4.69) is 5.10 Å². The molecule has 24 heavy (non-hydrogen) atoms. The number of aromatic nitrogens is 2. The third kappa shape index (κ3) is 3.19. The molecule has 1 aliphatic rings. The second-order valence-electron chi connectivity index (χ2n) is 6.06. The smallest absolute Gasteiger partial charge is 0.261 e. The second kappa shape index (κ2) is 6.23. The van der Waals surface area contributed by atoms with Crippen LogP contribution in [-0.4, -0.2) is 24.5 Å². The summed E-state index contributed by atoms with van der Waals surface area (Å²) in [6, 6.07) is 4.90. The minimum absolute atomic E-state index is 0.00476. The summed E-state index contributed by atoms with van der Waals surface area (Å²) in [5, 5.41) is 3.99. The van der Waals surface area contributed by atoms with Crippen molar-refractivity contribution in [2.45, 2.75) is 43.0 Å². The van der Waals surface area contributed by atoms with Crippen molar-refractivity contribution in [1.82, 2.24) is 9.78 Å². The Morgan fingerprint density at radius 2 is 1.88 bits per heavy atom. The van der Waals surface area contributed by atoms with E-state index in [1.807, 2.05) is 0 Å². The molecule has 1 saturated carbocycles. The molecule has 1 fully saturated rings. The summed E-state index contributed by atoms with van der Waals surface area (Å²) in [5.41, 5.74) is 0.367. The third-order valence-corrected chi connectivity index (χ3v) is 5.41. The average Bonchev–Trinajstić information content (AvgIpc) is 3.15. The number of hydrogen-bond acceptors (Lipinski definition) is 3. The van der Waals surface area contributed by atoms with Gasteiger partial charge < -0.3 is 0 Å². The fourth-order valence-corrected chi connectivity index (χ4v) is 3.85. The molecule has 0 spiro atoms. The Morgan fingerprint density at radius 3 is 2.42 bits per heavy atom. The summed E-state index contributed by atoms with van der Waals surface area (Å²) in [5.74, 6) is -0.896. The molecule has 8 heteroatoms. The van der Waals surface area contributed by atoms with Crippen molar-refractivity contribution in [3.8, 4) is 11.3 Å². The van der Waals surface area contributed by atoms with Gasteiger partial charge in [0.05, 0.1) is 11.7 Å². The molecule has 1 aliphatic carbocycles. The first-order valence-electron chi connectivity index (χ1n) is 7.65. The highest BCUT2D eigenvalue weighted by Gasteiger charge is 2.25. The van der Waals surface area contributed by atoms with Crippen LogP contribution in [0.4, 0.5) is 13.2 Å². The zero-order valence-corrected chi connectivity index (χ0v) is 13.9. The van der Waals surface area contributed by atoms with Crippen molar-refractivity contribution >= 4 is 9.84 Å². The van der Waals surface area contributed by atoms with Gasteiger partial charge in [-0.25, -0.2) is 21.6 Å². The lowest BCUT2D eigenvalue weighted by Crippen LogP contribution is -2.09. The Hall–Kier alpha value is -1.83. The fourth-order valence-electron chi connectivity index (χ4n) is 3.12. The highest BCUT2D eigenvalue weighted by atomic mass is 32.2. The summed E-state index contributed by atoms with van der Waals surface area (Å²) in [6.07, 6.45) is 1.86. The summed E-state index contributed by atoms with van der Waals surface area (Å²) < 4.78 is 64.8. The van der Waals surface area contributed by atoms with Gasteiger partial charge >= 0.3 is 0 Å². The van der Waals surface area contributed by atoms with Gasteiger partial charge in [-0.1, -0.05) is 18.9 Å². The van der Waals surface area contributed by atoms with Crippen LogP contribution in [0.15, 0.2) is 29.2 Å². The van der Waals surface area contributed by atoms with Crippen LogP contribution in [0.1, 0.15) is 43.8 Å². The first-order valence-corrected chi connectivity index (χ1v) is 9.54. The number of rotatable bonds is 4. The normalized spacial score (nSPS) is 16.2. The Bertz CT molecular complexity index is 856. The van der Waals surface area contributed by atoms with Crippen LogP contribution >= 0.6 is 0 Å². The standard InChI is InChI=1S/C16H17F3N2O2S/c1-24(22,23)15-7-6-10(8-12(15)17)14-9-13(16(18)19)20-21(14)11-4-2-3-5-11/h6-9,11,16H,2-5H2,1H3. The van der Waals surface area contributed by atoms with E-state index in [1.54, 1.807) is 0 Å². The lowest BCUT2D eigenvalue weighted by Gasteiger charge is -2.14. The van der Waals surface area contributed by atoms with Crippen molar-refractivity contribution < 1.29 is 21.6 Å². The van der Waals surface area contributed by atoms with Crippen molar-refractivity contribution in [3.05, 3.63) is 35.8 Å². The molecule has 1 aromatic heterocycles. The molecular weight excluding hydrogens is 341 g/mol. The number of nitrogens with zero attached hydrogens (tertiary/aromatic N) is 2. The Kier molecular flexibility index (Phi) is 4.42. The van der Waals surface area contributed by atoms with Crippen LogP contribution in [0.5, 0.6) is 0 Å². The molecular formula is C16H17F3N2O2S.